The highest BCUT2D eigenvalue weighted by atomic mass is 16.5. The van der Waals surface area contributed by atoms with Gasteiger partial charge in [0.1, 0.15) is 0 Å². The van der Waals surface area contributed by atoms with E-state index >= 15 is 0 Å². The molecule has 1 rings (SSSR count). The molecule has 1 aromatic carbocycles. The highest BCUT2D eigenvalue weighted by molar-refractivity contribution is 5.41. The van der Waals surface area contributed by atoms with Crippen LogP contribution in [-0.4, -0.2) is 25.4 Å². The lowest BCUT2D eigenvalue weighted by Gasteiger charge is -2.07. The van der Waals surface area contributed by atoms with E-state index in [9.17, 15) is 5.11 Å². The van der Waals surface area contributed by atoms with Crippen molar-refractivity contribution >= 4 is 0 Å². The third-order valence-corrected chi connectivity index (χ3v) is 2.31. The minimum absolute atomic E-state index is 0.168. The number of benzene rings is 1. The second-order valence-electron chi connectivity index (χ2n) is 3.57. The van der Waals surface area contributed by atoms with Gasteiger partial charge < -0.3 is 19.9 Å². The van der Waals surface area contributed by atoms with E-state index < -0.39 is 0 Å². The quantitative estimate of drug-likeness (QED) is 0.536. The predicted octanol–water partition coefficient (Wildman–Crippen LogP) is 2.04. The van der Waals surface area contributed by atoms with Crippen LogP contribution < -0.4 is 10.1 Å². The first-order valence-corrected chi connectivity index (χ1v) is 5.57. The van der Waals surface area contributed by atoms with Crippen LogP contribution >= 0.6 is 0 Å². The standard InChI is InChI=1S/C13H19NO3/c1-3-17-8-4-7-14-10-11-5-6-13(16-2)12(15)9-11/h3,5-6,9,14-15H,1,4,7-8,10H2,2H3. The maximum atomic E-state index is 9.58. The maximum Gasteiger partial charge on any atom is 0.160 e. The summed E-state index contributed by atoms with van der Waals surface area (Å²) in [5.74, 6) is 0.662. The van der Waals surface area contributed by atoms with E-state index in [1.54, 1.807) is 12.1 Å². The Kier molecular flexibility index (Phi) is 5.96. The fourth-order valence-corrected chi connectivity index (χ4v) is 1.44. The average Bonchev–Trinajstić information content (AvgIpc) is 2.34. The summed E-state index contributed by atoms with van der Waals surface area (Å²) in [6.45, 7) is 5.72. The monoisotopic (exact) mass is 237 g/mol. The minimum atomic E-state index is 0.168. The van der Waals surface area contributed by atoms with Crippen molar-refractivity contribution in [1.29, 1.82) is 0 Å². The molecular weight excluding hydrogens is 218 g/mol. The minimum Gasteiger partial charge on any atom is -0.504 e. The van der Waals surface area contributed by atoms with Gasteiger partial charge in [-0.05, 0) is 30.7 Å². The molecule has 2 N–H and O–H groups in total. The summed E-state index contributed by atoms with van der Waals surface area (Å²) in [4.78, 5) is 0. The Morgan fingerprint density at radius 1 is 1.47 bits per heavy atom. The summed E-state index contributed by atoms with van der Waals surface area (Å²) in [6.07, 6.45) is 2.37. The Balaban J connectivity index is 2.27. The van der Waals surface area contributed by atoms with Gasteiger partial charge in [-0.2, -0.15) is 0 Å². The number of ether oxygens (including phenoxy) is 2. The molecule has 0 aromatic heterocycles. The molecule has 0 fully saturated rings. The number of rotatable bonds is 8. The highest BCUT2D eigenvalue weighted by Crippen LogP contribution is 2.25. The molecule has 0 heterocycles. The second kappa shape index (κ2) is 7.57. The molecule has 0 aliphatic carbocycles. The van der Waals surface area contributed by atoms with Crippen LogP contribution in [0, 0.1) is 0 Å². The zero-order valence-electron chi connectivity index (χ0n) is 10.1. The van der Waals surface area contributed by atoms with Gasteiger partial charge in [0.25, 0.3) is 0 Å². The van der Waals surface area contributed by atoms with E-state index in [1.165, 1.54) is 13.4 Å². The molecule has 4 heteroatoms. The molecule has 1 aromatic rings. The van der Waals surface area contributed by atoms with E-state index in [-0.39, 0.29) is 5.75 Å². The highest BCUT2D eigenvalue weighted by Gasteiger charge is 2.01. The van der Waals surface area contributed by atoms with Crippen LogP contribution in [0.4, 0.5) is 0 Å². The van der Waals surface area contributed by atoms with Crippen LogP contribution in [0.3, 0.4) is 0 Å². The number of hydrogen-bond acceptors (Lipinski definition) is 4. The lowest BCUT2D eigenvalue weighted by molar-refractivity contribution is 0.244. The lowest BCUT2D eigenvalue weighted by atomic mass is 10.2. The molecule has 0 saturated heterocycles. The van der Waals surface area contributed by atoms with Crippen LogP contribution in [0.25, 0.3) is 0 Å². The number of phenolic OH excluding ortho intramolecular Hbond substituents is 1. The van der Waals surface area contributed by atoms with Gasteiger partial charge in [-0.1, -0.05) is 12.6 Å². The Labute approximate surface area is 102 Å². The van der Waals surface area contributed by atoms with Gasteiger partial charge in [-0.25, -0.2) is 0 Å². The van der Waals surface area contributed by atoms with Crippen molar-refractivity contribution in [2.24, 2.45) is 0 Å². The van der Waals surface area contributed by atoms with Crippen molar-refractivity contribution in [2.75, 3.05) is 20.3 Å². The smallest absolute Gasteiger partial charge is 0.160 e. The molecule has 0 unspecified atom stereocenters. The topological polar surface area (TPSA) is 50.7 Å². The lowest BCUT2D eigenvalue weighted by Crippen LogP contribution is -2.15. The molecule has 0 amide bonds. The van der Waals surface area contributed by atoms with Gasteiger partial charge in [0.05, 0.1) is 20.0 Å². The first-order valence-electron chi connectivity index (χ1n) is 5.57. The Bertz CT molecular complexity index is 353. The summed E-state index contributed by atoms with van der Waals surface area (Å²) < 4.78 is 9.98. The van der Waals surface area contributed by atoms with Crippen LogP contribution in [0.5, 0.6) is 11.5 Å². The van der Waals surface area contributed by atoms with E-state index in [0.717, 1.165) is 18.5 Å². The van der Waals surface area contributed by atoms with Crippen molar-refractivity contribution in [3.05, 3.63) is 36.6 Å². The molecule has 17 heavy (non-hydrogen) atoms. The van der Waals surface area contributed by atoms with E-state index in [1.807, 2.05) is 6.07 Å². The first kappa shape index (κ1) is 13.4. The Hall–Kier alpha value is -1.68. The molecule has 4 nitrogen and oxygen atoms in total. The van der Waals surface area contributed by atoms with Crippen molar-refractivity contribution < 1.29 is 14.6 Å². The number of hydrogen-bond donors (Lipinski definition) is 2. The van der Waals surface area contributed by atoms with Crippen molar-refractivity contribution in [1.82, 2.24) is 5.32 Å². The zero-order valence-corrected chi connectivity index (χ0v) is 10.1. The van der Waals surface area contributed by atoms with Gasteiger partial charge in [-0.15, -0.1) is 0 Å². The Morgan fingerprint density at radius 2 is 2.29 bits per heavy atom. The summed E-state index contributed by atoms with van der Waals surface area (Å²) in [7, 11) is 1.53. The zero-order chi connectivity index (χ0) is 12.5. The van der Waals surface area contributed by atoms with Gasteiger partial charge in [0, 0.05) is 6.54 Å². The van der Waals surface area contributed by atoms with Crippen molar-refractivity contribution in [3.8, 4) is 11.5 Å². The normalized spacial score (nSPS) is 9.94. The third kappa shape index (κ3) is 4.78. The summed E-state index contributed by atoms with van der Waals surface area (Å²) in [6, 6.07) is 5.38. The maximum absolute atomic E-state index is 9.58. The Morgan fingerprint density at radius 3 is 2.94 bits per heavy atom. The van der Waals surface area contributed by atoms with Crippen LogP contribution in [0.1, 0.15) is 12.0 Å². The molecule has 0 aliphatic heterocycles. The number of nitrogens with one attached hydrogen (secondary N) is 1. The number of phenols is 1. The molecule has 0 bridgehead atoms. The van der Waals surface area contributed by atoms with E-state index in [0.29, 0.717) is 18.9 Å². The molecule has 0 radical (unpaired) electrons. The van der Waals surface area contributed by atoms with Gasteiger partial charge >= 0.3 is 0 Å². The van der Waals surface area contributed by atoms with Gasteiger partial charge in [-0.3, -0.25) is 0 Å². The van der Waals surface area contributed by atoms with Gasteiger partial charge in [0.2, 0.25) is 0 Å². The summed E-state index contributed by atoms with van der Waals surface area (Å²) >= 11 is 0. The van der Waals surface area contributed by atoms with Crippen LogP contribution in [0.15, 0.2) is 31.0 Å². The average molecular weight is 237 g/mol. The molecule has 0 atom stereocenters. The third-order valence-electron chi connectivity index (χ3n) is 2.31. The van der Waals surface area contributed by atoms with E-state index in [2.05, 4.69) is 11.9 Å². The van der Waals surface area contributed by atoms with Crippen molar-refractivity contribution in [3.63, 3.8) is 0 Å². The fourth-order valence-electron chi connectivity index (χ4n) is 1.44. The van der Waals surface area contributed by atoms with Crippen molar-refractivity contribution in [2.45, 2.75) is 13.0 Å². The summed E-state index contributed by atoms with van der Waals surface area (Å²) in [5, 5.41) is 12.8. The van der Waals surface area contributed by atoms with Gasteiger partial charge in [0.15, 0.2) is 11.5 Å². The SMILES string of the molecule is C=COCCCNCc1ccc(OC)c(O)c1. The predicted molar refractivity (Wildman–Crippen MR) is 67.1 cm³/mol. The number of methoxy groups -OCH3 is 1. The fraction of sp³-hybridized carbons (Fsp3) is 0.385. The first-order chi connectivity index (χ1) is 8.27. The molecule has 0 saturated carbocycles. The van der Waals surface area contributed by atoms with Crippen LogP contribution in [-0.2, 0) is 11.3 Å². The van der Waals surface area contributed by atoms with E-state index in [4.69, 9.17) is 9.47 Å². The summed E-state index contributed by atoms with van der Waals surface area (Å²) in [5.41, 5.74) is 1.02. The largest absolute Gasteiger partial charge is 0.504 e. The second-order valence-corrected chi connectivity index (χ2v) is 3.57. The van der Waals surface area contributed by atoms with Crippen LogP contribution in [0.2, 0.25) is 0 Å². The molecule has 0 spiro atoms. The molecule has 0 aliphatic rings. The molecule has 94 valence electrons. The number of aromatic hydroxyl groups is 1. The molecular formula is C13H19NO3.